The van der Waals surface area contributed by atoms with E-state index in [4.69, 9.17) is 9.47 Å². The first-order valence-corrected chi connectivity index (χ1v) is 6.35. The van der Waals surface area contributed by atoms with Crippen LogP contribution in [0.5, 0.6) is 11.5 Å². The average Bonchev–Trinajstić information content (AvgIpc) is 2.83. The molecule has 0 aromatic heterocycles. The van der Waals surface area contributed by atoms with Crippen molar-refractivity contribution in [1.82, 2.24) is 4.90 Å². The van der Waals surface area contributed by atoms with E-state index in [1.807, 2.05) is 0 Å². The zero-order valence-electron chi connectivity index (χ0n) is 10.3. The Morgan fingerprint density at radius 1 is 1.29 bits per heavy atom. The van der Waals surface area contributed by atoms with E-state index in [-0.39, 0.29) is 5.41 Å². The highest BCUT2D eigenvalue weighted by Crippen LogP contribution is 2.49. The molecule has 1 aromatic carbocycles. The highest BCUT2D eigenvalue weighted by atomic mass is 16.7. The highest BCUT2D eigenvalue weighted by Gasteiger charge is 2.47. The molecular weight excluding hydrogens is 214 g/mol. The number of benzene rings is 1. The Hall–Kier alpha value is -1.22. The lowest BCUT2D eigenvalue weighted by Crippen LogP contribution is -2.42. The summed E-state index contributed by atoms with van der Waals surface area (Å²) in [6.07, 6.45) is 1.25. The number of hydrogen-bond acceptors (Lipinski definition) is 3. The molecule has 0 amide bonds. The molecule has 17 heavy (non-hydrogen) atoms. The van der Waals surface area contributed by atoms with Crippen molar-refractivity contribution < 1.29 is 9.47 Å². The van der Waals surface area contributed by atoms with Crippen LogP contribution in [-0.2, 0) is 12.0 Å². The fourth-order valence-corrected chi connectivity index (χ4v) is 3.62. The van der Waals surface area contributed by atoms with Crippen LogP contribution in [0.2, 0.25) is 0 Å². The first-order chi connectivity index (χ1) is 8.18. The quantitative estimate of drug-likeness (QED) is 0.683. The summed E-state index contributed by atoms with van der Waals surface area (Å²) < 4.78 is 11.0. The van der Waals surface area contributed by atoms with Crippen molar-refractivity contribution in [2.24, 2.45) is 0 Å². The highest BCUT2D eigenvalue weighted by molar-refractivity contribution is 5.53. The van der Waals surface area contributed by atoms with Gasteiger partial charge in [-0.2, -0.15) is 0 Å². The Kier molecular flexibility index (Phi) is 1.70. The second kappa shape index (κ2) is 2.96. The largest absolute Gasteiger partial charge is 0.454 e. The van der Waals surface area contributed by atoms with Crippen molar-refractivity contribution in [2.75, 3.05) is 13.3 Å². The normalized spacial score (nSPS) is 37.1. The minimum absolute atomic E-state index is 0.286. The molecule has 2 bridgehead atoms. The summed E-state index contributed by atoms with van der Waals surface area (Å²) in [6.45, 7) is 7.37. The molecular formula is C14H17NO2. The molecule has 0 N–H and O–H groups in total. The zero-order chi connectivity index (χ0) is 11.6. The summed E-state index contributed by atoms with van der Waals surface area (Å²) in [5, 5.41) is 0. The zero-order valence-corrected chi connectivity index (χ0v) is 10.3. The maximum Gasteiger partial charge on any atom is 0.231 e. The summed E-state index contributed by atoms with van der Waals surface area (Å²) in [4.78, 5) is 2.57. The van der Waals surface area contributed by atoms with Gasteiger partial charge in [0.1, 0.15) is 0 Å². The van der Waals surface area contributed by atoms with Crippen molar-refractivity contribution in [3.05, 3.63) is 23.3 Å². The topological polar surface area (TPSA) is 21.7 Å². The van der Waals surface area contributed by atoms with Gasteiger partial charge in [-0.25, -0.2) is 0 Å². The summed E-state index contributed by atoms with van der Waals surface area (Å²) in [6, 6.07) is 5.03. The predicted octanol–water partition coefficient (Wildman–Crippen LogP) is 2.28. The SMILES string of the molecule is CC1[N@]2CC[C@@]1(C)c1cc3c(cc1C2)OCO3. The van der Waals surface area contributed by atoms with E-state index >= 15 is 0 Å². The molecule has 1 aromatic rings. The van der Waals surface area contributed by atoms with Crippen LogP contribution in [0.25, 0.3) is 0 Å². The lowest BCUT2D eigenvalue weighted by Gasteiger charge is -2.39. The lowest BCUT2D eigenvalue weighted by molar-refractivity contribution is 0.174. The van der Waals surface area contributed by atoms with Gasteiger partial charge in [-0.1, -0.05) is 6.92 Å². The van der Waals surface area contributed by atoms with Crippen LogP contribution in [0.1, 0.15) is 31.4 Å². The van der Waals surface area contributed by atoms with Crippen LogP contribution in [0.4, 0.5) is 0 Å². The minimum atomic E-state index is 0.286. The molecule has 3 aliphatic rings. The average molecular weight is 231 g/mol. The van der Waals surface area contributed by atoms with Crippen LogP contribution < -0.4 is 9.47 Å². The first-order valence-electron chi connectivity index (χ1n) is 6.35. The molecule has 4 rings (SSSR count). The van der Waals surface area contributed by atoms with Gasteiger partial charge >= 0.3 is 0 Å². The molecule has 1 unspecified atom stereocenters. The minimum Gasteiger partial charge on any atom is -0.454 e. The third-order valence-electron chi connectivity index (χ3n) is 4.98. The van der Waals surface area contributed by atoms with Crippen LogP contribution in [-0.4, -0.2) is 24.3 Å². The van der Waals surface area contributed by atoms with Crippen molar-refractivity contribution in [2.45, 2.75) is 38.3 Å². The standard InChI is InChI=1S/C14H17NO2/c1-9-14(2)3-4-15(9)7-10-5-12-13(6-11(10)14)17-8-16-12/h5-6,9H,3-4,7-8H2,1-2H3/t9?,14-/m1/s1. The fourth-order valence-electron chi connectivity index (χ4n) is 3.62. The van der Waals surface area contributed by atoms with Crippen molar-refractivity contribution in [1.29, 1.82) is 0 Å². The van der Waals surface area contributed by atoms with Crippen LogP contribution in [0, 0.1) is 0 Å². The van der Waals surface area contributed by atoms with Crippen molar-refractivity contribution in [3.8, 4) is 11.5 Å². The van der Waals surface area contributed by atoms with Gasteiger partial charge < -0.3 is 9.47 Å². The number of rotatable bonds is 0. The van der Waals surface area contributed by atoms with E-state index in [2.05, 4.69) is 30.9 Å². The van der Waals surface area contributed by atoms with E-state index < -0.39 is 0 Å². The summed E-state index contributed by atoms with van der Waals surface area (Å²) >= 11 is 0. The third-order valence-corrected chi connectivity index (χ3v) is 4.98. The monoisotopic (exact) mass is 231 g/mol. The molecule has 0 saturated carbocycles. The number of fused-ring (bicyclic) bond motifs is 5. The van der Waals surface area contributed by atoms with Crippen LogP contribution in [0.3, 0.4) is 0 Å². The molecule has 1 saturated heterocycles. The second-order valence-corrected chi connectivity index (χ2v) is 5.68. The van der Waals surface area contributed by atoms with E-state index in [0.717, 1.165) is 18.0 Å². The lowest BCUT2D eigenvalue weighted by atomic mass is 9.73. The molecule has 3 heteroatoms. The Labute approximate surface area is 101 Å². The third kappa shape index (κ3) is 1.10. The summed E-state index contributed by atoms with van der Waals surface area (Å²) in [5.74, 6) is 1.85. The van der Waals surface area contributed by atoms with Gasteiger partial charge in [0.15, 0.2) is 11.5 Å². The van der Waals surface area contributed by atoms with E-state index in [0.29, 0.717) is 12.8 Å². The Morgan fingerprint density at radius 3 is 2.88 bits per heavy atom. The summed E-state index contributed by atoms with van der Waals surface area (Å²) in [5.41, 5.74) is 3.18. The number of hydrogen-bond donors (Lipinski definition) is 0. The Balaban J connectivity index is 1.93. The van der Waals surface area contributed by atoms with Gasteiger partial charge in [-0.3, -0.25) is 4.90 Å². The molecule has 0 aliphatic carbocycles. The van der Waals surface area contributed by atoms with Crippen molar-refractivity contribution in [3.63, 3.8) is 0 Å². The fraction of sp³-hybridized carbons (Fsp3) is 0.571. The van der Waals surface area contributed by atoms with E-state index in [1.165, 1.54) is 24.1 Å². The Morgan fingerprint density at radius 2 is 2.06 bits per heavy atom. The molecule has 3 atom stereocenters. The van der Waals surface area contributed by atoms with Crippen molar-refractivity contribution >= 4 is 0 Å². The van der Waals surface area contributed by atoms with Gasteiger partial charge in [-0.15, -0.1) is 0 Å². The maximum atomic E-state index is 5.52. The molecule has 3 nitrogen and oxygen atoms in total. The van der Waals surface area contributed by atoms with Gasteiger partial charge in [0, 0.05) is 18.0 Å². The Bertz CT molecular complexity index is 499. The van der Waals surface area contributed by atoms with Gasteiger partial charge in [0.2, 0.25) is 6.79 Å². The van der Waals surface area contributed by atoms with Gasteiger partial charge in [-0.05, 0) is 43.1 Å². The van der Waals surface area contributed by atoms with E-state index in [1.54, 1.807) is 0 Å². The molecule has 0 radical (unpaired) electrons. The number of ether oxygens (including phenoxy) is 2. The predicted molar refractivity (Wildman–Crippen MR) is 64.4 cm³/mol. The van der Waals surface area contributed by atoms with Gasteiger partial charge in [0.05, 0.1) is 0 Å². The molecule has 90 valence electrons. The first kappa shape index (κ1) is 9.77. The molecule has 3 heterocycles. The molecule has 1 fully saturated rings. The van der Waals surface area contributed by atoms with E-state index in [9.17, 15) is 0 Å². The number of nitrogens with zero attached hydrogens (tertiary/aromatic N) is 1. The molecule has 0 spiro atoms. The smallest absolute Gasteiger partial charge is 0.231 e. The summed E-state index contributed by atoms with van der Waals surface area (Å²) in [7, 11) is 0. The van der Waals surface area contributed by atoms with Crippen LogP contribution >= 0.6 is 0 Å². The van der Waals surface area contributed by atoms with Crippen LogP contribution in [0.15, 0.2) is 12.1 Å². The van der Waals surface area contributed by atoms with Gasteiger partial charge in [0.25, 0.3) is 0 Å². The maximum absolute atomic E-state index is 5.52. The second-order valence-electron chi connectivity index (χ2n) is 5.68. The molecule has 3 aliphatic heterocycles.